The normalized spacial score (nSPS) is 23.6. The molecule has 17 heavy (non-hydrogen) atoms. The van der Waals surface area contributed by atoms with Crippen LogP contribution in [-0.4, -0.2) is 24.0 Å². The molecular weight excluding hydrogens is 222 g/mol. The van der Waals surface area contributed by atoms with Crippen LogP contribution in [0.15, 0.2) is 18.2 Å². The predicted molar refractivity (Wildman–Crippen MR) is 63.6 cm³/mol. The van der Waals surface area contributed by atoms with E-state index in [1.54, 1.807) is 0 Å². The number of nitrogens with two attached hydrogens (primary N) is 1. The van der Waals surface area contributed by atoms with Gasteiger partial charge in [-0.2, -0.15) is 0 Å². The molecule has 1 saturated heterocycles. The largest absolute Gasteiger partial charge is 0.327 e. The Morgan fingerprint density at radius 3 is 2.88 bits per heavy atom. The highest BCUT2D eigenvalue weighted by molar-refractivity contribution is 5.22. The number of nitrogens with zero attached hydrogens (tertiary/aromatic N) is 1. The summed E-state index contributed by atoms with van der Waals surface area (Å²) >= 11 is 0. The van der Waals surface area contributed by atoms with Gasteiger partial charge in [0.15, 0.2) is 0 Å². The summed E-state index contributed by atoms with van der Waals surface area (Å²) in [5, 5.41) is 0. The Morgan fingerprint density at radius 1 is 1.41 bits per heavy atom. The second kappa shape index (κ2) is 5.10. The van der Waals surface area contributed by atoms with Crippen LogP contribution in [0.4, 0.5) is 8.78 Å². The van der Waals surface area contributed by atoms with Crippen molar-refractivity contribution in [2.45, 2.75) is 31.8 Å². The lowest BCUT2D eigenvalue weighted by molar-refractivity contribution is 0.157. The highest BCUT2D eigenvalue weighted by atomic mass is 19.1. The van der Waals surface area contributed by atoms with Crippen LogP contribution in [0.3, 0.4) is 0 Å². The Morgan fingerprint density at radius 2 is 2.18 bits per heavy atom. The molecule has 1 aliphatic rings. The predicted octanol–water partition coefficient (Wildman–Crippen LogP) is 2.45. The van der Waals surface area contributed by atoms with Gasteiger partial charge in [0, 0.05) is 24.2 Å². The molecule has 0 bridgehead atoms. The Labute approximate surface area is 100 Å². The number of hydrogen-bond donors (Lipinski definition) is 1. The van der Waals surface area contributed by atoms with Gasteiger partial charge in [-0.15, -0.1) is 0 Å². The second-order valence-electron chi connectivity index (χ2n) is 4.74. The average molecular weight is 240 g/mol. The monoisotopic (exact) mass is 240 g/mol. The van der Waals surface area contributed by atoms with Gasteiger partial charge in [0.1, 0.15) is 11.6 Å². The Hall–Kier alpha value is -1.00. The fourth-order valence-corrected chi connectivity index (χ4v) is 2.42. The van der Waals surface area contributed by atoms with Gasteiger partial charge < -0.3 is 5.73 Å². The average Bonchev–Trinajstić information content (AvgIpc) is 2.31. The van der Waals surface area contributed by atoms with Gasteiger partial charge in [-0.3, -0.25) is 4.90 Å². The lowest BCUT2D eigenvalue weighted by Crippen LogP contribution is -2.43. The van der Waals surface area contributed by atoms with Gasteiger partial charge in [-0.1, -0.05) is 0 Å². The molecular formula is C13H18F2N2. The topological polar surface area (TPSA) is 29.3 Å². The van der Waals surface area contributed by atoms with Gasteiger partial charge in [0.2, 0.25) is 0 Å². The molecule has 4 heteroatoms. The van der Waals surface area contributed by atoms with Crippen molar-refractivity contribution < 1.29 is 8.78 Å². The molecule has 0 radical (unpaired) electrons. The molecule has 2 unspecified atom stereocenters. The quantitative estimate of drug-likeness (QED) is 0.860. The first kappa shape index (κ1) is 12.5. The first-order valence-electron chi connectivity index (χ1n) is 6.02. The summed E-state index contributed by atoms with van der Waals surface area (Å²) in [5.74, 6) is -0.743. The molecule has 0 amide bonds. The Balaban J connectivity index is 2.18. The van der Waals surface area contributed by atoms with E-state index in [1.807, 2.05) is 6.92 Å². The molecule has 2 rings (SSSR count). The maximum atomic E-state index is 13.6. The Kier molecular flexibility index (Phi) is 3.74. The molecule has 2 N–H and O–H groups in total. The molecule has 0 saturated carbocycles. The van der Waals surface area contributed by atoms with Crippen LogP contribution in [0.1, 0.15) is 31.4 Å². The number of benzene rings is 1. The molecule has 2 nitrogen and oxygen atoms in total. The van der Waals surface area contributed by atoms with Crippen molar-refractivity contribution in [2.75, 3.05) is 13.1 Å². The molecule has 94 valence electrons. The lowest BCUT2D eigenvalue weighted by atomic mass is 10.0. The summed E-state index contributed by atoms with van der Waals surface area (Å²) in [7, 11) is 0. The molecule has 1 aliphatic heterocycles. The van der Waals surface area contributed by atoms with E-state index in [-0.39, 0.29) is 17.9 Å². The second-order valence-corrected chi connectivity index (χ2v) is 4.74. The van der Waals surface area contributed by atoms with E-state index in [2.05, 4.69) is 4.90 Å². The Bertz CT molecular complexity index is 395. The van der Waals surface area contributed by atoms with E-state index in [0.717, 1.165) is 32.0 Å². The molecule has 0 aromatic heterocycles. The van der Waals surface area contributed by atoms with Crippen molar-refractivity contribution in [1.29, 1.82) is 0 Å². The van der Waals surface area contributed by atoms with Crippen molar-refractivity contribution in [3.63, 3.8) is 0 Å². The molecule has 2 atom stereocenters. The van der Waals surface area contributed by atoms with Crippen LogP contribution in [0.5, 0.6) is 0 Å². The SMILES string of the molecule is CC(c1cc(F)ccc1F)N1CCCC(N)C1. The molecule has 1 aromatic carbocycles. The molecule has 1 aromatic rings. The van der Waals surface area contributed by atoms with Gasteiger partial charge in [-0.25, -0.2) is 8.78 Å². The fraction of sp³-hybridized carbons (Fsp3) is 0.538. The van der Waals surface area contributed by atoms with Gasteiger partial charge in [-0.05, 0) is 44.5 Å². The third kappa shape index (κ3) is 2.82. The zero-order valence-electron chi connectivity index (χ0n) is 10.00. The molecule has 1 heterocycles. The van der Waals surface area contributed by atoms with Crippen LogP contribution >= 0.6 is 0 Å². The van der Waals surface area contributed by atoms with E-state index < -0.39 is 5.82 Å². The minimum Gasteiger partial charge on any atom is -0.327 e. The van der Waals surface area contributed by atoms with Crippen molar-refractivity contribution in [1.82, 2.24) is 4.90 Å². The minimum absolute atomic E-state index is 0.128. The van der Waals surface area contributed by atoms with E-state index in [0.29, 0.717) is 5.56 Å². The van der Waals surface area contributed by atoms with Crippen LogP contribution in [0.2, 0.25) is 0 Å². The van der Waals surface area contributed by atoms with Crippen molar-refractivity contribution >= 4 is 0 Å². The summed E-state index contributed by atoms with van der Waals surface area (Å²) in [4.78, 5) is 2.12. The first-order chi connectivity index (χ1) is 8.08. The van der Waals surface area contributed by atoms with Crippen LogP contribution in [0, 0.1) is 11.6 Å². The zero-order valence-corrected chi connectivity index (χ0v) is 10.00. The van der Waals surface area contributed by atoms with E-state index in [4.69, 9.17) is 5.73 Å². The third-order valence-electron chi connectivity index (χ3n) is 3.45. The number of hydrogen-bond acceptors (Lipinski definition) is 2. The molecule has 0 aliphatic carbocycles. The first-order valence-corrected chi connectivity index (χ1v) is 6.02. The van der Waals surface area contributed by atoms with Crippen molar-refractivity contribution in [2.24, 2.45) is 5.73 Å². The number of halogens is 2. The van der Waals surface area contributed by atoms with Gasteiger partial charge in [0.05, 0.1) is 0 Å². The fourth-order valence-electron chi connectivity index (χ4n) is 2.42. The number of rotatable bonds is 2. The highest BCUT2D eigenvalue weighted by Gasteiger charge is 2.24. The molecule has 1 fully saturated rings. The highest BCUT2D eigenvalue weighted by Crippen LogP contribution is 2.26. The summed E-state index contributed by atoms with van der Waals surface area (Å²) in [6.07, 6.45) is 2.03. The summed E-state index contributed by atoms with van der Waals surface area (Å²) < 4.78 is 26.8. The van der Waals surface area contributed by atoms with Gasteiger partial charge >= 0.3 is 0 Å². The smallest absolute Gasteiger partial charge is 0.128 e. The van der Waals surface area contributed by atoms with Crippen LogP contribution in [0.25, 0.3) is 0 Å². The summed E-state index contributed by atoms with van der Waals surface area (Å²) in [6, 6.07) is 3.62. The third-order valence-corrected chi connectivity index (χ3v) is 3.45. The minimum atomic E-state index is -0.394. The lowest BCUT2D eigenvalue weighted by Gasteiger charge is -2.35. The van der Waals surface area contributed by atoms with Crippen LogP contribution < -0.4 is 5.73 Å². The maximum Gasteiger partial charge on any atom is 0.128 e. The summed E-state index contributed by atoms with van der Waals surface area (Å²) in [5.41, 5.74) is 6.32. The van der Waals surface area contributed by atoms with Gasteiger partial charge in [0.25, 0.3) is 0 Å². The number of likely N-dealkylation sites (tertiary alicyclic amines) is 1. The van der Waals surface area contributed by atoms with Crippen LogP contribution in [-0.2, 0) is 0 Å². The standard InChI is InChI=1S/C13H18F2N2/c1-9(17-6-2-3-11(16)8-17)12-7-10(14)4-5-13(12)15/h4-5,7,9,11H,2-3,6,8,16H2,1H3. The number of piperidine rings is 1. The van der Waals surface area contributed by atoms with Crippen molar-refractivity contribution in [3.05, 3.63) is 35.4 Å². The molecule has 0 spiro atoms. The zero-order chi connectivity index (χ0) is 12.4. The van der Waals surface area contributed by atoms with E-state index in [1.165, 1.54) is 12.1 Å². The van der Waals surface area contributed by atoms with E-state index >= 15 is 0 Å². The summed E-state index contributed by atoms with van der Waals surface area (Å²) in [6.45, 7) is 3.54. The van der Waals surface area contributed by atoms with E-state index in [9.17, 15) is 8.78 Å². The maximum absolute atomic E-state index is 13.6. The van der Waals surface area contributed by atoms with Crippen molar-refractivity contribution in [3.8, 4) is 0 Å².